The zero-order valence-corrected chi connectivity index (χ0v) is 15.6. The Morgan fingerprint density at radius 3 is 2.33 bits per heavy atom. The Kier molecular flexibility index (Phi) is 3.58. The van der Waals surface area contributed by atoms with E-state index < -0.39 is 0 Å². The number of rotatable bonds is 4. The van der Waals surface area contributed by atoms with Gasteiger partial charge < -0.3 is 5.32 Å². The van der Waals surface area contributed by atoms with Crippen LogP contribution in [0.25, 0.3) is 0 Å². The molecular formula is C22H24N2O3. The van der Waals surface area contributed by atoms with Crippen LogP contribution in [-0.4, -0.2) is 29.2 Å². The van der Waals surface area contributed by atoms with Gasteiger partial charge in [0.05, 0.1) is 11.8 Å². The summed E-state index contributed by atoms with van der Waals surface area (Å²) < 4.78 is 0. The van der Waals surface area contributed by atoms with Crippen molar-refractivity contribution in [2.45, 2.75) is 26.7 Å². The minimum absolute atomic E-state index is 0.0609. The maximum atomic E-state index is 12.9. The van der Waals surface area contributed by atoms with Gasteiger partial charge in [-0.25, -0.2) is 0 Å². The van der Waals surface area contributed by atoms with Gasteiger partial charge in [0.15, 0.2) is 0 Å². The summed E-state index contributed by atoms with van der Waals surface area (Å²) in [7, 11) is 0. The first kappa shape index (κ1) is 16.7. The van der Waals surface area contributed by atoms with Gasteiger partial charge in [0.25, 0.3) is 0 Å². The van der Waals surface area contributed by atoms with Gasteiger partial charge in [-0.2, -0.15) is 0 Å². The fourth-order valence-electron chi connectivity index (χ4n) is 5.54. The quantitative estimate of drug-likeness (QED) is 0.660. The SMILES string of the molecule is Cc1ccc(C)c(NC(=O)CCN2C(=O)[C@@H]3[C@@H]4C=C[C@H]([C@H]5C[C@H]45)[C@@H]3C2=O)c1. The predicted molar refractivity (Wildman–Crippen MR) is 101 cm³/mol. The molecule has 1 aliphatic heterocycles. The molecule has 3 fully saturated rings. The third-order valence-corrected chi connectivity index (χ3v) is 6.98. The van der Waals surface area contributed by atoms with Crippen LogP contribution in [-0.2, 0) is 14.4 Å². The number of carbonyl (C=O) groups is 3. The summed E-state index contributed by atoms with van der Waals surface area (Å²) in [5.74, 6) is 1.02. The van der Waals surface area contributed by atoms with Crippen molar-refractivity contribution >= 4 is 23.4 Å². The number of nitrogens with zero attached hydrogens (tertiary/aromatic N) is 1. The highest BCUT2D eigenvalue weighted by molar-refractivity contribution is 6.06. The summed E-state index contributed by atoms with van der Waals surface area (Å²) in [6, 6.07) is 5.90. The van der Waals surface area contributed by atoms with E-state index in [9.17, 15) is 14.4 Å². The molecular weight excluding hydrogens is 340 g/mol. The van der Waals surface area contributed by atoms with Gasteiger partial charge in [0.2, 0.25) is 17.7 Å². The number of benzene rings is 1. The molecule has 0 radical (unpaired) electrons. The molecule has 27 heavy (non-hydrogen) atoms. The molecule has 4 aliphatic carbocycles. The van der Waals surface area contributed by atoms with Crippen LogP contribution in [0, 0.1) is 49.4 Å². The van der Waals surface area contributed by atoms with Crippen LogP contribution in [0.15, 0.2) is 30.4 Å². The molecule has 0 unspecified atom stereocenters. The smallest absolute Gasteiger partial charge is 0.233 e. The summed E-state index contributed by atoms with van der Waals surface area (Å²) in [6.45, 7) is 4.10. The molecule has 1 aromatic carbocycles. The molecule has 0 aromatic heterocycles. The number of carbonyl (C=O) groups excluding carboxylic acids is 3. The lowest BCUT2D eigenvalue weighted by atomic mass is 9.63. The lowest BCUT2D eigenvalue weighted by Gasteiger charge is -2.37. The van der Waals surface area contributed by atoms with Crippen molar-refractivity contribution in [3.8, 4) is 0 Å². The maximum absolute atomic E-state index is 12.9. The van der Waals surface area contributed by atoms with Crippen molar-refractivity contribution in [1.29, 1.82) is 0 Å². The normalized spacial score (nSPS) is 35.3. The van der Waals surface area contributed by atoms with Crippen LogP contribution >= 0.6 is 0 Å². The highest BCUT2D eigenvalue weighted by Gasteiger charge is 2.66. The molecule has 6 rings (SSSR count). The molecule has 1 N–H and O–H groups in total. The van der Waals surface area contributed by atoms with E-state index >= 15 is 0 Å². The summed E-state index contributed by atoms with van der Waals surface area (Å²) in [6.07, 6.45) is 5.64. The first-order valence-electron chi connectivity index (χ1n) is 9.86. The largest absolute Gasteiger partial charge is 0.326 e. The van der Waals surface area contributed by atoms with Crippen molar-refractivity contribution in [2.24, 2.45) is 35.5 Å². The highest BCUT2D eigenvalue weighted by Crippen LogP contribution is 2.65. The fourth-order valence-corrected chi connectivity index (χ4v) is 5.54. The zero-order valence-electron chi connectivity index (χ0n) is 15.6. The number of likely N-dealkylation sites (tertiary alicyclic amines) is 1. The molecule has 5 nitrogen and oxygen atoms in total. The summed E-state index contributed by atoms with van der Waals surface area (Å²) in [5, 5.41) is 2.91. The van der Waals surface area contributed by atoms with Gasteiger partial charge in [-0.05, 0) is 61.1 Å². The lowest BCUT2D eigenvalue weighted by Crippen LogP contribution is -2.40. The van der Waals surface area contributed by atoms with Gasteiger partial charge >= 0.3 is 0 Å². The number of anilines is 1. The Morgan fingerprint density at radius 2 is 1.70 bits per heavy atom. The Bertz CT molecular complexity index is 854. The Balaban J connectivity index is 1.26. The predicted octanol–water partition coefficient (Wildman–Crippen LogP) is 2.69. The van der Waals surface area contributed by atoms with Crippen LogP contribution in [0.4, 0.5) is 5.69 Å². The third-order valence-electron chi connectivity index (χ3n) is 6.98. The number of hydrogen-bond donors (Lipinski definition) is 1. The van der Waals surface area contributed by atoms with Crippen molar-refractivity contribution in [1.82, 2.24) is 4.90 Å². The first-order valence-corrected chi connectivity index (χ1v) is 9.86. The van der Waals surface area contributed by atoms with Crippen molar-refractivity contribution in [3.63, 3.8) is 0 Å². The minimum atomic E-state index is -0.182. The van der Waals surface area contributed by atoms with E-state index in [2.05, 4.69) is 17.5 Å². The Labute approximate surface area is 158 Å². The van der Waals surface area contributed by atoms with Gasteiger partial charge in [-0.15, -0.1) is 0 Å². The van der Waals surface area contributed by atoms with Crippen LogP contribution in [0.3, 0.4) is 0 Å². The molecule has 140 valence electrons. The van der Waals surface area contributed by atoms with Gasteiger partial charge in [0, 0.05) is 18.7 Å². The van der Waals surface area contributed by atoms with E-state index in [1.54, 1.807) is 0 Å². The van der Waals surface area contributed by atoms with E-state index in [1.807, 2.05) is 32.0 Å². The topological polar surface area (TPSA) is 66.5 Å². The summed E-state index contributed by atoms with van der Waals surface area (Å²) in [5.41, 5.74) is 2.86. The van der Waals surface area contributed by atoms with Crippen molar-refractivity contribution < 1.29 is 14.4 Å². The molecule has 1 aromatic rings. The molecule has 3 amide bonds. The molecule has 1 heterocycles. The molecule has 1 saturated heterocycles. The number of allylic oxidation sites excluding steroid dienone is 2. The van der Waals surface area contributed by atoms with Crippen LogP contribution < -0.4 is 5.32 Å². The first-order chi connectivity index (χ1) is 13.0. The van der Waals surface area contributed by atoms with Crippen molar-refractivity contribution in [3.05, 3.63) is 41.5 Å². The number of aryl methyl sites for hydroxylation is 2. The second kappa shape index (κ2) is 5.78. The van der Waals surface area contributed by atoms with E-state index in [0.717, 1.165) is 23.2 Å². The molecule has 2 bridgehead atoms. The second-order valence-electron chi connectivity index (χ2n) is 8.60. The number of hydrogen-bond acceptors (Lipinski definition) is 3. The maximum Gasteiger partial charge on any atom is 0.233 e. The summed E-state index contributed by atoms with van der Waals surface area (Å²) in [4.78, 5) is 39.6. The van der Waals surface area contributed by atoms with E-state index in [0.29, 0.717) is 11.8 Å². The highest BCUT2D eigenvalue weighted by atomic mass is 16.2. The number of nitrogens with one attached hydrogen (secondary N) is 1. The molecule has 2 saturated carbocycles. The Hall–Kier alpha value is -2.43. The Morgan fingerprint density at radius 1 is 1.07 bits per heavy atom. The molecule has 6 atom stereocenters. The van der Waals surface area contributed by atoms with E-state index in [1.165, 1.54) is 4.90 Å². The molecule has 5 heteroatoms. The van der Waals surface area contributed by atoms with E-state index in [-0.39, 0.29) is 54.4 Å². The van der Waals surface area contributed by atoms with Crippen LogP contribution in [0.5, 0.6) is 0 Å². The van der Waals surface area contributed by atoms with Gasteiger partial charge in [0.1, 0.15) is 0 Å². The number of amides is 3. The molecule has 0 spiro atoms. The molecule has 5 aliphatic rings. The summed E-state index contributed by atoms with van der Waals surface area (Å²) >= 11 is 0. The lowest BCUT2D eigenvalue weighted by molar-refractivity contribution is -0.140. The fraction of sp³-hybridized carbons (Fsp3) is 0.500. The van der Waals surface area contributed by atoms with Crippen LogP contribution in [0.2, 0.25) is 0 Å². The minimum Gasteiger partial charge on any atom is -0.326 e. The van der Waals surface area contributed by atoms with Gasteiger partial charge in [-0.1, -0.05) is 24.3 Å². The van der Waals surface area contributed by atoms with Crippen LogP contribution in [0.1, 0.15) is 24.0 Å². The average Bonchev–Trinajstić information content (AvgIpc) is 3.42. The van der Waals surface area contributed by atoms with Crippen molar-refractivity contribution in [2.75, 3.05) is 11.9 Å². The monoisotopic (exact) mass is 364 g/mol. The standard InChI is InChI=1S/C22H24N2O3/c1-11-3-4-12(2)17(9-11)23-18(25)7-8-24-21(26)19-13-5-6-14(16-10-15(13)16)20(19)22(24)27/h3-6,9,13-16,19-20H,7-8,10H2,1-2H3,(H,23,25)/t13-,14-,15-,16-,19-,20+/m1/s1. The average molecular weight is 364 g/mol. The van der Waals surface area contributed by atoms with Gasteiger partial charge in [-0.3, -0.25) is 19.3 Å². The van der Waals surface area contributed by atoms with E-state index in [4.69, 9.17) is 0 Å². The number of imide groups is 1. The zero-order chi connectivity index (χ0) is 18.9. The third kappa shape index (κ3) is 2.47. The second-order valence-corrected chi connectivity index (χ2v) is 8.60.